The van der Waals surface area contributed by atoms with Gasteiger partial charge in [0.2, 0.25) is 5.95 Å². The number of carboxylic acids is 2. The summed E-state index contributed by atoms with van der Waals surface area (Å²) in [6, 6.07) is 12.3. The number of aromatic nitrogens is 2. The van der Waals surface area contributed by atoms with Crippen LogP contribution in [-0.2, 0) is 22.7 Å². The van der Waals surface area contributed by atoms with E-state index in [-0.39, 0.29) is 29.5 Å². The van der Waals surface area contributed by atoms with Crippen molar-refractivity contribution in [1.82, 2.24) is 14.9 Å². The normalized spacial score (nSPS) is 13.6. The summed E-state index contributed by atoms with van der Waals surface area (Å²) in [5.74, 6) is -4.04. The number of hydrogen-bond donors (Lipinski definition) is 3. The molecule has 0 bridgehead atoms. The summed E-state index contributed by atoms with van der Waals surface area (Å²) in [5.41, 5.74) is 8.48. The number of nitrogens with two attached hydrogens (primary N) is 1. The van der Waals surface area contributed by atoms with Crippen molar-refractivity contribution in [2.75, 3.05) is 5.73 Å². The van der Waals surface area contributed by atoms with E-state index in [1.807, 2.05) is 24.3 Å². The predicted octanol–water partition coefficient (Wildman–Crippen LogP) is 2.57. The Morgan fingerprint density at radius 2 is 1.72 bits per heavy atom. The van der Waals surface area contributed by atoms with Crippen LogP contribution in [0.5, 0.6) is 0 Å². The van der Waals surface area contributed by atoms with Crippen LogP contribution in [0.3, 0.4) is 0 Å². The second kappa shape index (κ2) is 8.10. The Labute approximate surface area is 182 Å². The quantitative estimate of drug-likeness (QED) is 0.504. The van der Waals surface area contributed by atoms with Crippen LogP contribution in [0.15, 0.2) is 54.6 Å². The summed E-state index contributed by atoms with van der Waals surface area (Å²) >= 11 is 0. The molecule has 162 valence electrons. The van der Waals surface area contributed by atoms with Gasteiger partial charge in [-0.25, -0.2) is 14.8 Å². The molecule has 9 heteroatoms. The van der Waals surface area contributed by atoms with Crippen molar-refractivity contribution in [2.45, 2.75) is 25.4 Å². The average molecular weight is 432 g/mol. The third-order valence-corrected chi connectivity index (χ3v) is 5.52. The van der Waals surface area contributed by atoms with Gasteiger partial charge in [-0.2, -0.15) is 0 Å². The van der Waals surface area contributed by atoms with Gasteiger partial charge in [0.15, 0.2) is 0 Å². The van der Waals surface area contributed by atoms with E-state index in [0.29, 0.717) is 29.6 Å². The van der Waals surface area contributed by atoms with Crippen LogP contribution >= 0.6 is 0 Å². The van der Waals surface area contributed by atoms with E-state index >= 15 is 0 Å². The Hall–Kier alpha value is -4.27. The lowest BCUT2D eigenvalue weighted by Gasteiger charge is -2.18. The minimum Gasteiger partial charge on any atom is -0.481 e. The van der Waals surface area contributed by atoms with Gasteiger partial charge in [-0.05, 0) is 35.2 Å². The van der Waals surface area contributed by atoms with Crippen LogP contribution in [-0.4, -0.2) is 42.9 Å². The molecule has 4 N–H and O–H groups in total. The third kappa shape index (κ3) is 3.87. The molecule has 1 unspecified atom stereocenters. The third-order valence-electron chi connectivity index (χ3n) is 5.52. The number of nitrogens with zero attached hydrogens (tertiary/aromatic N) is 3. The highest BCUT2D eigenvalue weighted by Crippen LogP contribution is 2.30. The van der Waals surface area contributed by atoms with E-state index in [4.69, 9.17) is 10.8 Å². The molecular weight excluding hydrogens is 412 g/mol. The Morgan fingerprint density at radius 1 is 1.06 bits per heavy atom. The summed E-state index contributed by atoms with van der Waals surface area (Å²) in [5, 5.41) is 19.1. The fourth-order valence-corrected chi connectivity index (χ4v) is 3.85. The van der Waals surface area contributed by atoms with Crippen LogP contribution < -0.4 is 5.73 Å². The van der Waals surface area contributed by atoms with E-state index in [0.717, 1.165) is 11.1 Å². The molecule has 3 aromatic rings. The van der Waals surface area contributed by atoms with Crippen LogP contribution in [0.25, 0.3) is 10.9 Å². The molecule has 0 aliphatic carbocycles. The van der Waals surface area contributed by atoms with Gasteiger partial charge in [-0.15, -0.1) is 0 Å². The molecule has 0 spiro atoms. The van der Waals surface area contributed by atoms with Crippen molar-refractivity contribution in [2.24, 2.45) is 0 Å². The van der Waals surface area contributed by atoms with E-state index in [2.05, 4.69) is 16.5 Å². The maximum absolute atomic E-state index is 13.3. The number of benzene rings is 2. The van der Waals surface area contributed by atoms with Gasteiger partial charge in [-0.1, -0.05) is 36.9 Å². The maximum Gasteiger partial charge on any atom is 0.330 e. The van der Waals surface area contributed by atoms with Crippen molar-refractivity contribution in [3.05, 3.63) is 77.0 Å². The molecule has 1 amide bonds. The van der Waals surface area contributed by atoms with Gasteiger partial charge in [-0.3, -0.25) is 9.59 Å². The Morgan fingerprint density at radius 3 is 2.31 bits per heavy atom. The Balaban J connectivity index is 1.75. The highest BCUT2D eigenvalue weighted by molar-refractivity contribution is 6.05. The molecule has 1 aliphatic heterocycles. The second-order valence-electron chi connectivity index (χ2n) is 7.64. The molecule has 2 aromatic carbocycles. The van der Waals surface area contributed by atoms with Crippen LogP contribution in [0, 0.1) is 0 Å². The molecular formula is C23H20N4O5. The van der Waals surface area contributed by atoms with Gasteiger partial charge in [0.25, 0.3) is 5.91 Å². The molecule has 1 aromatic heterocycles. The van der Waals surface area contributed by atoms with Gasteiger partial charge in [0, 0.05) is 24.0 Å². The number of hydrogen-bond acceptors (Lipinski definition) is 6. The van der Waals surface area contributed by atoms with Crippen molar-refractivity contribution < 1.29 is 24.6 Å². The van der Waals surface area contributed by atoms with Crippen LogP contribution in [0.4, 0.5) is 5.95 Å². The fraction of sp³-hybridized carbons (Fsp3) is 0.174. The molecule has 2 heterocycles. The SMILES string of the molecule is C=C(CC(C(=O)O)c1ccc2nc(N)nc(C(=O)N3Cc4ccccc4C3)c2c1)C(=O)O. The molecule has 0 saturated heterocycles. The fourth-order valence-electron chi connectivity index (χ4n) is 3.85. The first kappa shape index (κ1) is 21.0. The topological polar surface area (TPSA) is 147 Å². The molecule has 4 rings (SSSR count). The first-order valence-corrected chi connectivity index (χ1v) is 9.81. The number of anilines is 1. The van der Waals surface area contributed by atoms with Crippen LogP contribution in [0.2, 0.25) is 0 Å². The molecule has 1 aliphatic rings. The highest BCUT2D eigenvalue weighted by Gasteiger charge is 2.28. The lowest BCUT2D eigenvalue weighted by molar-refractivity contribution is -0.138. The maximum atomic E-state index is 13.3. The van der Waals surface area contributed by atoms with Crippen molar-refractivity contribution in [3.8, 4) is 0 Å². The monoisotopic (exact) mass is 432 g/mol. The summed E-state index contributed by atoms with van der Waals surface area (Å²) in [4.78, 5) is 46.3. The number of carbonyl (C=O) groups excluding carboxylic acids is 1. The van der Waals surface area contributed by atoms with E-state index in [9.17, 15) is 19.5 Å². The zero-order valence-corrected chi connectivity index (χ0v) is 17.0. The lowest BCUT2D eigenvalue weighted by Crippen LogP contribution is -2.27. The number of carboxylic acid groups (broad SMARTS) is 2. The van der Waals surface area contributed by atoms with Gasteiger partial charge >= 0.3 is 11.9 Å². The average Bonchev–Trinajstić information content (AvgIpc) is 3.20. The first-order valence-electron chi connectivity index (χ1n) is 9.81. The van der Waals surface area contributed by atoms with Crippen molar-refractivity contribution in [3.63, 3.8) is 0 Å². The molecule has 9 nitrogen and oxygen atoms in total. The number of amides is 1. The minimum atomic E-state index is -1.27. The highest BCUT2D eigenvalue weighted by atomic mass is 16.4. The summed E-state index contributed by atoms with van der Waals surface area (Å²) in [7, 11) is 0. The zero-order valence-electron chi connectivity index (χ0n) is 17.0. The number of carbonyl (C=O) groups is 3. The number of rotatable bonds is 6. The molecule has 1 atom stereocenters. The number of fused-ring (bicyclic) bond motifs is 2. The van der Waals surface area contributed by atoms with Crippen molar-refractivity contribution in [1.29, 1.82) is 0 Å². The van der Waals surface area contributed by atoms with Crippen molar-refractivity contribution >= 4 is 34.7 Å². The zero-order chi connectivity index (χ0) is 23.0. The minimum absolute atomic E-state index is 0.0700. The van der Waals surface area contributed by atoms with Crippen LogP contribution in [0.1, 0.15) is 39.5 Å². The predicted molar refractivity (Wildman–Crippen MR) is 116 cm³/mol. The summed E-state index contributed by atoms with van der Waals surface area (Å²) < 4.78 is 0. The molecule has 0 saturated carbocycles. The smallest absolute Gasteiger partial charge is 0.330 e. The van der Waals surface area contributed by atoms with Gasteiger partial charge in [0.05, 0.1) is 11.4 Å². The molecule has 32 heavy (non-hydrogen) atoms. The van der Waals surface area contributed by atoms with Gasteiger partial charge in [0.1, 0.15) is 5.69 Å². The van der Waals surface area contributed by atoms with Gasteiger partial charge < -0.3 is 20.8 Å². The summed E-state index contributed by atoms with van der Waals surface area (Å²) in [6.07, 6.45) is -0.281. The molecule has 0 radical (unpaired) electrons. The lowest BCUT2D eigenvalue weighted by atomic mass is 9.91. The van der Waals surface area contributed by atoms with E-state index in [1.165, 1.54) is 12.1 Å². The molecule has 0 fully saturated rings. The Bertz CT molecular complexity index is 1260. The largest absolute Gasteiger partial charge is 0.481 e. The van der Waals surface area contributed by atoms with E-state index in [1.54, 1.807) is 11.0 Å². The Kier molecular flexibility index (Phi) is 5.31. The first-order chi connectivity index (χ1) is 15.2. The summed E-state index contributed by atoms with van der Waals surface area (Å²) in [6.45, 7) is 4.28. The second-order valence-corrected chi connectivity index (χ2v) is 7.64. The number of aliphatic carboxylic acids is 2. The van der Waals surface area contributed by atoms with E-state index < -0.39 is 17.9 Å². The number of nitrogen functional groups attached to an aromatic ring is 1. The standard InChI is InChI=1S/C23H20N4O5/c1-12(21(29)30)8-16(22(31)32)13-6-7-18-17(9-13)19(26-23(24)25-18)20(28)27-10-14-4-2-3-5-15(14)11-27/h2-7,9,16H,1,8,10-11H2,(H,29,30)(H,31,32)(H2,24,25,26).